The highest BCUT2D eigenvalue weighted by Gasteiger charge is 2.14. The van der Waals surface area contributed by atoms with Gasteiger partial charge in [0.1, 0.15) is 5.75 Å². The molecular weight excluding hydrogens is 470 g/mol. The Morgan fingerprint density at radius 2 is 1.87 bits per heavy atom. The molecule has 30 heavy (non-hydrogen) atoms. The van der Waals surface area contributed by atoms with Gasteiger partial charge < -0.3 is 20.1 Å². The van der Waals surface area contributed by atoms with Crippen LogP contribution in [0.15, 0.2) is 46.9 Å². The van der Waals surface area contributed by atoms with E-state index < -0.39 is 0 Å². The lowest BCUT2D eigenvalue weighted by Crippen LogP contribution is -2.35. The number of methoxy groups -OCH3 is 1. The summed E-state index contributed by atoms with van der Waals surface area (Å²) in [6.07, 6.45) is 0.0181. The average Bonchev–Trinajstić information content (AvgIpc) is 2.69. The van der Waals surface area contributed by atoms with E-state index in [0.29, 0.717) is 40.2 Å². The van der Waals surface area contributed by atoms with Gasteiger partial charge in [0.25, 0.3) is 11.8 Å². The third-order valence-electron chi connectivity index (χ3n) is 3.80. The minimum absolute atomic E-state index is 0.0181. The number of thiocarbonyl (C=S) groups is 1. The van der Waals surface area contributed by atoms with Crippen LogP contribution in [0.4, 0.5) is 5.69 Å². The van der Waals surface area contributed by atoms with E-state index in [1.54, 1.807) is 49.6 Å². The van der Waals surface area contributed by atoms with Crippen molar-refractivity contribution >= 4 is 50.8 Å². The molecule has 0 fully saturated rings. The van der Waals surface area contributed by atoms with E-state index in [0.717, 1.165) is 0 Å². The maximum absolute atomic E-state index is 12.5. The molecule has 0 aliphatic heterocycles. The van der Waals surface area contributed by atoms with Crippen LogP contribution in [0.2, 0.25) is 0 Å². The summed E-state index contributed by atoms with van der Waals surface area (Å²) >= 11 is 8.66. The molecule has 2 amide bonds. The summed E-state index contributed by atoms with van der Waals surface area (Å²) in [5.41, 5.74) is 1.30. The van der Waals surface area contributed by atoms with E-state index in [1.807, 2.05) is 13.8 Å². The predicted octanol–water partition coefficient (Wildman–Crippen LogP) is 3.74. The van der Waals surface area contributed by atoms with Crippen molar-refractivity contribution in [2.24, 2.45) is 0 Å². The maximum atomic E-state index is 12.5. The Bertz CT molecular complexity index is 921. The van der Waals surface area contributed by atoms with Gasteiger partial charge in [0.15, 0.2) is 5.11 Å². The monoisotopic (exact) mass is 493 g/mol. The zero-order valence-electron chi connectivity index (χ0n) is 17.0. The first-order chi connectivity index (χ1) is 14.3. The summed E-state index contributed by atoms with van der Waals surface area (Å²) in [7, 11) is 1.56. The molecule has 3 N–H and O–H groups in total. The smallest absolute Gasteiger partial charge is 0.257 e. The van der Waals surface area contributed by atoms with Crippen LogP contribution in [0.25, 0.3) is 0 Å². The van der Waals surface area contributed by atoms with E-state index in [4.69, 9.17) is 21.7 Å². The summed E-state index contributed by atoms with van der Waals surface area (Å²) in [5.74, 6) is -0.00376. The topological polar surface area (TPSA) is 88.7 Å². The molecule has 0 saturated carbocycles. The Balaban J connectivity index is 2.03. The van der Waals surface area contributed by atoms with Gasteiger partial charge in [0.05, 0.1) is 28.4 Å². The highest BCUT2D eigenvalue weighted by Crippen LogP contribution is 2.27. The number of hydrogen-bond acceptors (Lipinski definition) is 5. The predicted molar refractivity (Wildman–Crippen MR) is 124 cm³/mol. The number of amides is 2. The fraction of sp³-hybridized carbons (Fsp3) is 0.286. The Morgan fingerprint density at radius 3 is 2.53 bits per heavy atom. The number of nitrogens with one attached hydrogen (secondary N) is 3. The van der Waals surface area contributed by atoms with E-state index in [9.17, 15) is 9.59 Å². The Hall–Kier alpha value is -2.49. The van der Waals surface area contributed by atoms with Gasteiger partial charge in [0.2, 0.25) is 0 Å². The first-order valence-electron chi connectivity index (χ1n) is 9.26. The van der Waals surface area contributed by atoms with Crippen molar-refractivity contribution in [2.75, 3.05) is 25.6 Å². The summed E-state index contributed by atoms with van der Waals surface area (Å²) < 4.78 is 11.2. The number of halogens is 1. The quantitative estimate of drug-likeness (QED) is 0.383. The molecule has 160 valence electrons. The van der Waals surface area contributed by atoms with E-state index in [1.165, 1.54) is 0 Å². The largest absolute Gasteiger partial charge is 0.490 e. The van der Waals surface area contributed by atoms with Crippen molar-refractivity contribution in [2.45, 2.75) is 20.0 Å². The van der Waals surface area contributed by atoms with Gasteiger partial charge in [-0.1, -0.05) is 12.1 Å². The standard InChI is InChI=1S/C21H24BrN3O4S/c1-13(2)29-18-9-8-14(12-16(18)22)19(26)25-21(30)24-17-7-5-4-6-15(17)20(27)23-10-11-28-3/h4-9,12-13H,10-11H2,1-3H3,(H,23,27)(H2,24,25,26,30). The SMILES string of the molecule is COCCNC(=O)c1ccccc1NC(=S)NC(=O)c1ccc(OC(C)C)c(Br)c1. The van der Waals surface area contributed by atoms with Crippen LogP contribution in [0, 0.1) is 0 Å². The third-order valence-corrected chi connectivity index (χ3v) is 4.62. The first-order valence-corrected chi connectivity index (χ1v) is 10.5. The zero-order chi connectivity index (χ0) is 22.1. The summed E-state index contributed by atoms with van der Waals surface area (Å²) in [4.78, 5) is 24.9. The fourth-order valence-electron chi connectivity index (χ4n) is 2.47. The van der Waals surface area contributed by atoms with E-state index in [2.05, 4.69) is 31.9 Å². The summed E-state index contributed by atoms with van der Waals surface area (Å²) in [6.45, 7) is 4.64. The second-order valence-corrected chi connectivity index (χ2v) is 7.78. The number of benzene rings is 2. The van der Waals surface area contributed by atoms with Crippen LogP contribution < -0.4 is 20.7 Å². The second-order valence-electron chi connectivity index (χ2n) is 6.51. The number of ether oxygens (including phenoxy) is 2. The molecule has 0 bridgehead atoms. The van der Waals surface area contributed by atoms with Gasteiger partial charge in [0, 0.05) is 19.2 Å². The number of para-hydroxylation sites is 1. The zero-order valence-corrected chi connectivity index (χ0v) is 19.4. The molecule has 9 heteroatoms. The molecule has 2 aromatic rings. The van der Waals surface area contributed by atoms with Gasteiger partial charge in [-0.2, -0.15) is 0 Å². The van der Waals surface area contributed by atoms with Gasteiger partial charge in [-0.25, -0.2) is 0 Å². The van der Waals surface area contributed by atoms with Gasteiger partial charge in [-0.05, 0) is 72.3 Å². The minimum atomic E-state index is -0.383. The van der Waals surface area contributed by atoms with Crippen LogP contribution in [0.5, 0.6) is 5.75 Å². The molecule has 0 spiro atoms. The van der Waals surface area contributed by atoms with Crippen molar-refractivity contribution in [3.63, 3.8) is 0 Å². The normalized spacial score (nSPS) is 10.4. The summed E-state index contributed by atoms with van der Waals surface area (Å²) in [6, 6.07) is 11.9. The molecule has 0 aromatic heterocycles. The molecule has 7 nitrogen and oxygen atoms in total. The van der Waals surface area contributed by atoms with E-state index >= 15 is 0 Å². The molecule has 0 heterocycles. The molecule has 0 aliphatic rings. The molecule has 0 unspecified atom stereocenters. The highest BCUT2D eigenvalue weighted by atomic mass is 79.9. The van der Waals surface area contributed by atoms with Crippen molar-refractivity contribution in [3.05, 3.63) is 58.1 Å². The van der Waals surface area contributed by atoms with Crippen molar-refractivity contribution < 1.29 is 19.1 Å². The van der Waals surface area contributed by atoms with Crippen LogP contribution in [0.1, 0.15) is 34.6 Å². The van der Waals surface area contributed by atoms with Crippen LogP contribution in [-0.4, -0.2) is 43.3 Å². The van der Waals surface area contributed by atoms with E-state index in [-0.39, 0.29) is 23.0 Å². The third kappa shape index (κ3) is 7.08. The van der Waals surface area contributed by atoms with Crippen molar-refractivity contribution in [1.29, 1.82) is 0 Å². The summed E-state index contributed by atoms with van der Waals surface area (Å²) in [5, 5.41) is 8.36. The van der Waals surface area contributed by atoms with Crippen molar-refractivity contribution in [3.8, 4) is 5.75 Å². The van der Waals surface area contributed by atoms with Crippen LogP contribution in [0.3, 0.4) is 0 Å². The number of hydrogen-bond donors (Lipinski definition) is 3. The average molecular weight is 494 g/mol. The highest BCUT2D eigenvalue weighted by molar-refractivity contribution is 9.10. The van der Waals surface area contributed by atoms with Crippen LogP contribution in [-0.2, 0) is 4.74 Å². The molecule has 0 saturated heterocycles. The number of rotatable bonds is 8. The Labute approximate surface area is 189 Å². The maximum Gasteiger partial charge on any atom is 0.257 e. The lowest BCUT2D eigenvalue weighted by molar-refractivity contribution is 0.0936. The minimum Gasteiger partial charge on any atom is -0.490 e. The number of anilines is 1. The molecular formula is C21H24BrN3O4S. The Morgan fingerprint density at radius 1 is 1.13 bits per heavy atom. The molecule has 2 rings (SSSR count). The molecule has 0 aliphatic carbocycles. The number of carbonyl (C=O) groups is 2. The Kier molecular flexibility index (Phi) is 9.22. The lowest BCUT2D eigenvalue weighted by Gasteiger charge is -2.14. The van der Waals surface area contributed by atoms with Gasteiger partial charge >= 0.3 is 0 Å². The van der Waals surface area contributed by atoms with Gasteiger partial charge in [-0.15, -0.1) is 0 Å². The first kappa shape index (κ1) is 23.8. The number of carbonyl (C=O) groups excluding carboxylic acids is 2. The van der Waals surface area contributed by atoms with Gasteiger partial charge in [-0.3, -0.25) is 14.9 Å². The second kappa shape index (κ2) is 11.6. The fourth-order valence-corrected chi connectivity index (χ4v) is 3.15. The molecule has 0 atom stereocenters. The molecule has 2 aromatic carbocycles. The lowest BCUT2D eigenvalue weighted by atomic mass is 10.1. The molecule has 0 radical (unpaired) electrons. The van der Waals surface area contributed by atoms with Crippen molar-refractivity contribution in [1.82, 2.24) is 10.6 Å². The van der Waals surface area contributed by atoms with Crippen LogP contribution >= 0.6 is 28.1 Å².